The SMILES string of the molecule is CN(CCCCC(NC(=O)c1ccco1)C(=O)NCc1cnco1)C1CC1c1ccccc1. The molecule has 1 aromatic carbocycles. The number of aromatic nitrogens is 1. The molecule has 2 N–H and O–H groups in total. The number of nitrogens with zero attached hydrogens (tertiary/aromatic N) is 2. The highest BCUT2D eigenvalue weighted by Crippen LogP contribution is 2.44. The van der Waals surface area contributed by atoms with Gasteiger partial charge in [-0.1, -0.05) is 30.3 Å². The number of hydrogen-bond acceptors (Lipinski definition) is 6. The second kappa shape index (κ2) is 11.0. The number of unbranched alkanes of at least 4 members (excludes halogenated alkanes) is 1. The number of benzene rings is 1. The average Bonchev–Trinajstić information content (AvgIpc) is 3.20. The monoisotopic (exact) mass is 450 g/mol. The molecule has 33 heavy (non-hydrogen) atoms. The van der Waals surface area contributed by atoms with Crippen LogP contribution < -0.4 is 10.6 Å². The smallest absolute Gasteiger partial charge is 0.287 e. The minimum absolute atomic E-state index is 0.184. The lowest BCUT2D eigenvalue weighted by Crippen LogP contribution is -2.46. The molecular weight excluding hydrogens is 420 g/mol. The Labute approximate surface area is 193 Å². The lowest BCUT2D eigenvalue weighted by molar-refractivity contribution is -0.123. The molecule has 3 unspecified atom stereocenters. The van der Waals surface area contributed by atoms with E-state index in [0.29, 0.717) is 24.1 Å². The van der Waals surface area contributed by atoms with Gasteiger partial charge in [-0.15, -0.1) is 0 Å². The lowest BCUT2D eigenvalue weighted by atomic mass is 10.1. The summed E-state index contributed by atoms with van der Waals surface area (Å²) in [5.41, 5.74) is 1.40. The van der Waals surface area contributed by atoms with Gasteiger partial charge < -0.3 is 24.4 Å². The van der Waals surface area contributed by atoms with Gasteiger partial charge in [0.05, 0.1) is 19.0 Å². The van der Waals surface area contributed by atoms with Gasteiger partial charge in [-0.25, -0.2) is 4.98 Å². The molecule has 2 heterocycles. The Kier molecular flexibility index (Phi) is 7.57. The van der Waals surface area contributed by atoms with Crippen LogP contribution in [0, 0.1) is 0 Å². The van der Waals surface area contributed by atoms with Crippen molar-refractivity contribution in [3.05, 3.63) is 78.4 Å². The normalized spacial score (nSPS) is 18.1. The van der Waals surface area contributed by atoms with Crippen molar-refractivity contribution in [1.29, 1.82) is 0 Å². The van der Waals surface area contributed by atoms with Gasteiger partial charge in [0.2, 0.25) is 5.91 Å². The van der Waals surface area contributed by atoms with Crippen LogP contribution in [-0.4, -0.2) is 47.4 Å². The first-order chi connectivity index (χ1) is 16.1. The van der Waals surface area contributed by atoms with Crippen LogP contribution in [0.4, 0.5) is 0 Å². The van der Waals surface area contributed by atoms with Gasteiger partial charge >= 0.3 is 0 Å². The Morgan fingerprint density at radius 1 is 1.15 bits per heavy atom. The van der Waals surface area contributed by atoms with Crippen LogP contribution in [0.25, 0.3) is 0 Å². The number of carbonyl (C=O) groups excluding carboxylic acids is 2. The molecule has 8 nitrogen and oxygen atoms in total. The second-order valence-electron chi connectivity index (χ2n) is 8.49. The van der Waals surface area contributed by atoms with E-state index in [4.69, 9.17) is 8.83 Å². The van der Waals surface area contributed by atoms with Gasteiger partial charge in [0.25, 0.3) is 5.91 Å². The molecule has 0 spiro atoms. The summed E-state index contributed by atoms with van der Waals surface area (Å²) < 4.78 is 10.3. The minimum atomic E-state index is -0.659. The number of oxazole rings is 1. The summed E-state index contributed by atoms with van der Waals surface area (Å²) >= 11 is 0. The number of nitrogens with one attached hydrogen (secondary N) is 2. The van der Waals surface area contributed by atoms with E-state index in [1.807, 2.05) is 6.07 Å². The molecule has 1 aliphatic rings. The lowest BCUT2D eigenvalue weighted by Gasteiger charge is -2.20. The number of likely N-dealkylation sites (N-methyl/N-ethyl adjacent to an activating group) is 1. The Balaban J connectivity index is 1.24. The number of amides is 2. The van der Waals surface area contributed by atoms with Crippen molar-refractivity contribution >= 4 is 11.8 Å². The van der Waals surface area contributed by atoms with Gasteiger partial charge in [-0.2, -0.15) is 0 Å². The van der Waals surface area contributed by atoms with Crippen LogP contribution in [0.3, 0.4) is 0 Å². The molecule has 2 amide bonds. The maximum absolute atomic E-state index is 12.8. The molecular formula is C25H30N4O4. The number of rotatable bonds is 12. The van der Waals surface area contributed by atoms with Crippen LogP contribution in [0.15, 0.2) is 70.2 Å². The first-order valence-corrected chi connectivity index (χ1v) is 11.4. The van der Waals surface area contributed by atoms with Crippen molar-refractivity contribution in [2.24, 2.45) is 0 Å². The van der Waals surface area contributed by atoms with Gasteiger partial charge in [-0.3, -0.25) is 9.59 Å². The van der Waals surface area contributed by atoms with Crippen molar-refractivity contribution in [3.63, 3.8) is 0 Å². The summed E-state index contributed by atoms with van der Waals surface area (Å²) in [7, 11) is 2.16. The topological polar surface area (TPSA) is 101 Å². The van der Waals surface area contributed by atoms with E-state index in [2.05, 4.69) is 51.8 Å². The zero-order valence-corrected chi connectivity index (χ0v) is 18.8. The molecule has 0 saturated heterocycles. The highest BCUT2D eigenvalue weighted by molar-refractivity contribution is 5.95. The van der Waals surface area contributed by atoms with E-state index < -0.39 is 11.9 Å². The molecule has 1 aliphatic carbocycles. The highest BCUT2D eigenvalue weighted by atomic mass is 16.3. The Morgan fingerprint density at radius 3 is 2.73 bits per heavy atom. The summed E-state index contributed by atoms with van der Waals surface area (Å²) in [6.07, 6.45) is 7.78. The van der Waals surface area contributed by atoms with Crippen molar-refractivity contribution < 1.29 is 18.4 Å². The zero-order chi connectivity index (χ0) is 23.0. The van der Waals surface area contributed by atoms with Crippen LogP contribution in [-0.2, 0) is 11.3 Å². The van der Waals surface area contributed by atoms with E-state index >= 15 is 0 Å². The fourth-order valence-electron chi connectivity index (χ4n) is 4.14. The van der Waals surface area contributed by atoms with Crippen LogP contribution in [0.1, 0.15) is 53.5 Å². The summed E-state index contributed by atoms with van der Waals surface area (Å²) in [6, 6.07) is 13.8. The molecule has 174 valence electrons. The van der Waals surface area contributed by atoms with Gasteiger partial charge in [0.1, 0.15) is 11.8 Å². The third-order valence-electron chi connectivity index (χ3n) is 6.09. The van der Waals surface area contributed by atoms with Crippen molar-refractivity contribution in [2.75, 3.05) is 13.6 Å². The molecule has 4 rings (SSSR count). The van der Waals surface area contributed by atoms with Gasteiger partial charge in [0, 0.05) is 12.0 Å². The molecule has 1 fully saturated rings. The van der Waals surface area contributed by atoms with E-state index in [1.54, 1.807) is 18.3 Å². The van der Waals surface area contributed by atoms with Crippen molar-refractivity contribution in [1.82, 2.24) is 20.5 Å². The van der Waals surface area contributed by atoms with E-state index in [0.717, 1.165) is 19.4 Å². The molecule has 0 radical (unpaired) electrons. The summed E-state index contributed by atoms with van der Waals surface area (Å²) in [5.74, 6) is 0.687. The zero-order valence-electron chi connectivity index (χ0n) is 18.8. The third kappa shape index (κ3) is 6.32. The van der Waals surface area contributed by atoms with E-state index in [-0.39, 0.29) is 18.2 Å². The second-order valence-corrected chi connectivity index (χ2v) is 8.49. The molecule has 0 bridgehead atoms. The Bertz CT molecular complexity index is 1000. The summed E-state index contributed by atoms with van der Waals surface area (Å²) in [5, 5.41) is 5.61. The standard InChI is InChI=1S/C25H30N4O4/c1-29(22-14-20(22)18-8-3-2-4-9-18)12-6-5-10-21(28-25(31)23-11-7-13-32-23)24(30)27-16-19-15-26-17-33-19/h2-4,7-9,11,13,15,17,20-22H,5-6,10,12,14,16H2,1H3,(H,27,30)(H,28,31). The minimum Gasteiger partial charge on any atom is -0.459 e. The molecule has 0 aliphatic heterocycles. The molecule has 3 atom stereocenters. The maximum atomic E-state index is 12.8. The number of furan rings is 1. The summed E-state index contributed by atoms with van der Waals surface area (Å²) in [6.45, 7) is 1.17. The summed E-state index contributed by atoms with van der Waals surface area (Å²) in [4.78, 5) is 31.4. The van der Waals surface area contributed by atoms with Gasteiger partial charge in [-0.05, 0) is 57.0 Å². The third-order valence-corrected chi connectivity index (χ3v) is 6.09. The highest BCUT2D eigenvalue weighted by Gasteiger charge is 2.40. The predicted octanol–water partition coefficient (Wildman–Crippen LogP) is 3.34. The first kappa shape index (κ1) is 22.8. The maximum Gasteiger partial charge on any atom is 0.287 e. The van der Waals surface area contributed by atoms with Crippen LogP contribution in [0.2, 0.25) is 0 Å². The van der Waals surface area contributed by atoms with Crippen LogP contribution in [0.5, 0.6) is 0 Å². The van der Waals surface area contributed by atoms with Crippen LogP contribution >= 0.6 is 0 Å². The predicted molar refractivity (Wildman–Crippen MR) is 122 cm³/mol. The quantitative estimate of drug-likeness (QED) is 0.411. The van der Waals surface area contributed by atoms with Crippen molar-refractivity contribution in [3.8, 4) is 0 Å². The number of carbonyl (C=O) groups is 2. The first-order valence-electron chi connectivity index (χ1n) is 11.4. The fourth-order valence-corrected chi connectivity index (χ4v) is 4.14. The molecule has 2 aromatic heterocycles. The van der Waals surface area contributed by atoms with Gasteiger partial charge in [0.15, 0.2) is 12.2 Å². The van der Waals surface area contributed by atoms with Crippen molar-refractivity contribution in [2.45, 2.75) is 50.2 Å². The fraction of sp³-hybridized carbons (Fsp3) is 0.400. The largest absolute Gasteiger partial charge is 0.459 e. The Hall–Kier alpha value is -3.39. The molecule has 1 saturated carbocycles. The van der Waals surface area contributed by atoms with E-state index in [1.165, 1.54) is 24.6 Å². The Morgan fingerprint density at radius 2 is 2.00 bits per heavy atom. The van der Waals surface area contributed by atoms with E-state index in [9.17, 15) is 9.59 Å². The molecule has 3 aromatic rings. The number of hydrogen-bond donors (Lipinski definition) is 2. The molecule has 8 heteroatoms. The average molecular weight is 451 g/mol.